The average molecular weight is 510 g/mol. The van der Waals surface area contributed by atoms with E-state index in [1.54, 1.807) is 18.2 Å². The molecule has 0 saturated heterocycles. The van der Waals surface area contributed by atoms with E-state index < -0.39 is 21.8 Å². The third-order valence-electron chi connectivity index (χ3n) is 8.35. The molecule has 0 aromatic heterocycles. The van der Waals surface area contributed by atoms with Crippen molar-refractivity contribution in [3.63, 3.8) is 0 Å². The predicted octanol–water partition coefficient (Wildman–Crippen LogP) is 2.50. The van der Waals surface area contributed by atoms with Gasteiger partial charge in [0.05, 0.1) is 5.69 Å². The lowest BCUT2D eigenvalue weighted by molar-refractivity contribution is -0.148. The predicted molar refractivity (Wildman–Crippen MR) is 121 cm³/mol. The number of benzene rings is 1. The number of halogens is 1. The molecule has 4 bridgehead atoms. The lowest BCUT2D eigenvalue weighted by Crippen LogP contribution is -2.68. The van der Waals surface area contributed by atoms with Crippen molar-refractivity contribution in [2.24, 2.45) is 28.9 Å². The maximum Gasteiger partial charge on any atom is 0.247 e. The molecule has 7 nitrogen and oxygen atoms in total. The minimum absolute atomic E-state index is 0.0143. The molecule has 2 atom stereocenters. The van der Waals surface area contributed by atoms with Crippen molar-refractivity contribution in [1.82, 2.24) is 5.32 Å². The van der Waals surface area contributed by atoms with Crippen LogP contribution in [0.3, 0.4) is 0 Å². The molecule has 9 heteroatoms. The fourth-order valence-corrected chi connectivity index (χ4v) is 8.55. The molecule has 5 saturated carbocycles. The monoisotopic (exact) mass is 509 g/mol. The molecule has 6 rings (SSSR count). The van der Waals surface area contributed by atoms with Crippen LogP contribution in [0.25, 0.3) is 0 Å². The second-order valence-electron chi connectivity index (χ2n) is 10.00. The number of nitrogens with zero attached hydrogens (tertiary/aromatic N) is 1. The zero-order chi connectivity index (χ0) is 22.0. The molecule has 5 fully saturated rings. The van der Waals surface area contributed by atoms with Crippen LogP contribution in [0.15, 0.2) is 28.7 Å². The average Bonchev–Trinajstić information content (AvgIpc) is 2.67. The number of nitrogens with one attached hydrogen (secondary N) is 1. The Labute approximate surface area is 192 Å². The normalized spacial score (nSPS) is 34.9. The van der Waals surface area contributed by atoms with E-state index in [1.807, 2.05) is 6.07 Å². The molecule has 1 aromatic carbocycles. The van der Waals surface area contributed by atoms with Crippen molar-refractivity contribution >= 4 is 44.3 Å². The molecule has 5 aliphatic carbocycles. The van der Waals surface area contributed by atoms with Crippen molar-refractivity contribution in [3.8, 4) is 0 Å². The van der Waals surface area contributed by atoms with Crippen LogP contribution >= 0.6 is 15.9 Å². The summed E-state index contributed by atoms with van der Waals surface area (Å²) >= 11 is 3.44. The van der Waals surface area contributed by atoms with Gasteiger partial charge in [-0.2, -0.15) is 0 Å². The van der Waals surface area contributed by atoms with Crippen molar-refractivity contribution < 1.29 is 18.0 Å². The lowest BCUT2D eigenvalue weighted by atomic mass is 9.47. The second-order valence-corrected chi connectivity index (χ2v) is 11.7. The number of anilines is 1. The molecule has 5 aliphatic rings. The van der Waals surface area contributed by atoms with Crippen LogP contribution in [0, 0.1) is 23.2 Å². The molecule has 31 heavy (non-hydrogen) atoms. The topological polar surface area (TPSA) is 110 Å². The van der Waals surface area contributed by atoms with Gasteiger partial charge >= 0.3 is 0 Å². The highest BCUT2D eigenvalue weighted by atomic mass is 79.9. The number of hydrogen-bond acceptors (Lipinski definition) is 4. The van der Waals surface area contributed by atoms with Gasteiger partial charge in [0.2, 0.25) is 22.7 Å². The maximum absolute atomic E-state index is 13.7. The molecule has 168 valence electrons. The first-order chi connectivity index (χ1) is 14.8. The highest BCUT2D eigenvalue weighted by molar-refractivity contribution is 9.10. The summed E-state index contributed by atoms with van der Waals surface area (Å²) in [5, 5.41) is 3.27. The molecular weight excluding hydrogens is 482 g/mol. The van der Waals surface area contributed by atoms with Gasteiger partial charge in [-0.1, -0.05) is 12.1 Å². The summed E-state index contributed by atoms with van der Waals surface area (Å²) in [7, 11) is -3.00. The van der Waals surface area contributed by atoms with Crippen LogP contribution in [0.2, 0.25) is 0 Å². The minimum atomic E-state index is -3.00. The number of para-hydroxylation sites is 1. The van der Waals surface area contributed by atoms with E-state index in [0.717, 1.165) is 38.5 Å². The molecule has 1 aromatic rings. The Bertz CT molecular complexity index is 984. The van der Waals surface area contributed by atoms with E-state index in [4.69, 9.17) is 5.73 Å². The first kappa shape index (κ1) is 21.2. The Kier molecular flexibility index (Phi) is 5.12. The number of nitrogens with two attached hydrogens (primary N) is 1. The lowest BCUT2D eigenvalue weighted by Gasteiger charge is -2.59. The van der Waals surface area contributed by atoms with E-state index in [0.29, 0.717) is 28.9 Å². The third-order valence-corrected chi connectivity index (χ3v) is 9.94. The molecule has 2 unspecified atom stereocenters. The molecular formula is C22H28BrN3O4S. The summed E-state index contributed by atoms with van der Waals surface area (Å²) in [6, 6.07) is 7.09. The summed E-state index contributed by atoms with van der Waals surface area (Å²) in [4.78, 5) is 25.9. The van der Waals surface area contributed by atoms with E-state index in [-0.39, 0.29) is 29.7 Å². The number of primary amides is 1. The first-order valence-corrected chi connectivity index (χ1v) is 13.0. The SMILES string of the molecule is NC(=O)C12CC3CC(C1)C(NC(=O)C1(N(c4ccccc4Br)[SH](=O)=O)CCC1)C(C3)C2. The second kappa shape index (κ2) is 7.47. The Balaban J connectivity index is 1.42. The summed E-state index contributed by atoms with van der Waals surface area (Å²) in [6.07, 6.45) is 6.17. The number of amides is 2. The molecule has 2 amide bonds. The molecule has 0 heterocycles. The molecule has 0 aliphatic heterocycles. The van der Waals surface area contributed by atoms with Gasteiger partial charge in [0.25, 0.3) is 0 Å². The maximum atomic E-state index is 13.7. The van der Waals surface area contributed by atoms with E-state index in [1.165, 1.54) is 4.31 Å². The van der Waals surface area contributed by atoms with Crippen LogP contribution in [0.5, 0.6) is 0 Å². The van der Waals surface area contributed by atoms with Crippen LogP contribution in [-0.2, 0) is 20.5 Å². The van der Waals surface area contributed by atoms with Crippen molar-refractivity contribution in [1.29, 1.82) is 0 Å². The Morgan fingerprint density at radius 1 is 1.10 bits per heavy atom. The van der Waals surface area contributed by atoms with Gasteiger partial charge < -0.3 is 11.1 Å². The van der Waals surface area contributed by atoms with E-state index in [2.05, 4.69) is 21.2 Å². The van der Waals surface area contributed by atoms with Gasteiger partial charge in [0.1, 0.15) is 5.54 Å². The minimum Gasteiger partial charge on any atom is -0.369 e. The highest BCUT2D eigenvalue weighted by Crippen LogP contribution is 2.60. The van der Waals surface area contributed by atoms with Crippen molar-refractivity contribution in [2.45, 2.75) is 62.9 Å². The smallest absolute Gasteiger partial charge is 0.247 e. The fraction of sp³-hybridized carbons (Fsp3) is 0.636. The van der Waals surface area contributed by atoms with Crippen molar-refractivity contribution in [2.75, 3.05) is 4.31 Å². The van der Waals surface area contributed by atoms with Crippen LogP contribution in [0.1, 0.15) is 51.4 Å². The Hall–Kier alpha value is -1.61. The van der Waals surface area contributed by atoms with Gasteiger partial charge in [0, 0.05) is 15.9 Å². The van der Waals surface area contributed by atoms with Gasteiger partial charge in [-0.3, -0.25) is 13.9 Å². The first-order valence-electron chi connectivity index (χ1n) is 11.1. The summed E-state index contributed by atoms with van der Waals surface area (Å²) in [5.74, 6) is 0.564. The van der Waals surface area contributed by atoms with E-state index >= 15 is 0 Å². The fourth-order valence-electron chi connectivity index (χ4n) is 6.99. The molecule has 3 N–H and O–H groups in total. The number of hydrogen-bond donors (Lipinski definition) is 3. The van der Waals surface area contributed by atoms with Crippen LogP contribution in [-0.4, -0.2) is 31.8 Å². The standard InChI is InChI=1S/C22H28BrN3O4S/c23-16-4-1-2-5-17(16)26(31(29)30)22(6-3-7-22)20(28)25-18-14-8-13-9-15(18)12-21(10-13,11-14)19(24)27/h1-2,4-5,13-15,18,31H,3,6-12H2,(H2,24,27)(H,25,28). The Morgan fingerprint density at radius 3 is 2.26 bits per heavy atom. The summed E-state index contributed by atoms with van der Waals surface area (Å²) in [5.41, 5.74) is 4.78. The number of carbonyl (C=O) groups is 2. The third kappa shape index (κ3) is 3.22. The van der Waals surface area contributed by atoms with Gasteiger partial charge in [-0.15, -0.1) is 0 Å². The number of thiol groups is 1. The van der Waals surface area contributed by atoms with Crippen LogP contribution in [0.4, 0.5) is 5.69 Å². The largest absolute Gasteiger partial charge is 0.369 e. The number of carbonyl (C=O) groups excluding carboxylic acids is 2. The van der Waals surface area contributed by atoms with E-state index in [9.17, 15) is 18.0 Å². The zero-order valence-corrected chi connectivity index (χ0v) is 19.7. The number of rotatable bonds is 6. The van der Waals surface area contributed by atoms with Gasteiger partial charge in [-0.05, 0) is 97.2 Å². The van der Waals surface area contributed by atoms with Crippen LogP contribution < -0.4 is 15.4 Å². The van der Waals surface area contributed by atoms with Gasteiger partial charge in [0.15, 0.2) is 0 Å². The Morgan fingerprint density at radius 2 is 1.74 bits per heavy atom. The molecule has 0 spiro atoms. The zero-order valence-electron chi connectivity index (χ0n) is 17.3. The highest BCUT2D eigenvalue weighted by Gasteiger charge is 2.59. The quantitative estimate of drug-likeness (QED) is 0.511. The van der Waals surface area contributed by atoms with Gasteiger partial charge in [-0.25, -0.2) is 8.42 Å². The molecule has 0 radical (unpaired) electrons. The summed E-state index contributed by atoms with van der Waals surface area (Å²) < 4.78 is 26.7. The van der Waals surface area contributed by atoms with Crippen molar-refractivity contribution in [3.05, 3.63) is 28.7 Å². The summed E-state index contributed by atoms with van der Waals surface area (Å²) in [6.45, 7) is 0.